The van der Waals surface area contributed by atoms with Gasteiger partial charge in [0.1, 0.15) is 17.1 Å². The molecule has 3 aromatic rings. The van der Waals surface area contributed by atoms with Crippen LogP contribution in [-0.2, 0) is 17.6 Å². The van der Waals surface area contributed by atoms with Gasteiger partial charge in [0.25, 0.3) is 5.91 Å². The summed E-state index contributed by atoms with van der Waals surface area (Å²) in [7, 11) is 2.14. The van der Waals surface area contributed by atoms with Gasteiger partial charge in [-0.15, -0.1) is 0 Å². The second-order valence-electron chi connectivity index (χ2n) is 8.51. The molecule has 0 radical (unpaired) electrons. The van der Waals surface area contributed by atoms with Crippen molar-refractivity contribution in [3.05, 3.63) is 53.8 Å². The van der Waals surface area contributed by atoms with Crippen molar-refractivity contribution < 1.29 is 13.9 Å². The summed E-state index contributed by atoms with van der Waals surface area (Å²) in [5.41, 5.74) is 4.11. The van der Waals surface area contributed by atoms with Crippen LogP contribution in [-0.4, -0.2) is 50.6 Å². The lowest BCUT2D eigenvalue weighted by Crippen LogP contribution is -2.44. The molecule has 6 heteroatoms. The number of benzene rings is 2. The highest BCUT2D eigenvalue weighted by atomic mass is 16.5. The second-order valence-corrected chi connectivity index (χ2v) is 8.51. The molecule has 162 valence electrons. The molecule has 0 bridgehead atoms. The van der Waals surface area contributed by atoms with E-state index in [9.17, 15) is 4.79 Å². The number of amides is 1. The molecular formula is C25H29N3O3. The highest BCUT2D eigenvalue weighted by molar-refractivity contribution is 5.95. The normalized spacial score (nSPS) is 16.9. The average Bonchev–Trinajstić information content (AvgIpc) is 3.17. The van der Waals surface area contributed by atoms with Gasteiger partial charge in [0, 0.05) is 43.5 Å². The molecule has 0 saturated carbocycles. The Kier molecular flexibility index (Phi) is 5.55. The minimum absolute atomic E-state index is 0.0252. The maximum atomic E-state index is 12.6. The third-order valence-electron chi connectivity index (χ3n) is 6.32. The highest BCUT2D eigenvalue weighted by Crippen LogP contribution is 2.34. The first-order valence-electron chi connectivity index (χ1n) is 11.2. The Morgan fingerprint density at radius 2 is 1.87 bits per heavy atom. The van der Waals surface area contributed by atoms with E-state index in [2.05, 4.69) is 28.2 Å². The summed E-state index contributed by atoms with van der Waals surface area (Å²) in [6.45, 7) is 3.92. The Morgan fingerprint density at radius 3 is 2.74 bits per heavy atom. The summed E-state index contributed by atoms with van der Waals surface area (Å²) in [6.07, 6.45) is 4.44. The predicted octanol–water partition coefficient (Wildman–Crippen LogP) is 4.08. The number of likely N-dealkylation sites (N-methyl/N-ethyl adjacent to an activating group) is 1. The van der Waals surface area contributed by atoms with Crippen molar-refractivity contribution >= 4 is 28.3 Å². The van der Waals surface area contributed by atoms with E-state index in [4.69, 9.17) is 9.15 Å². The summed E-state index contributed by atoms with van der Waals surface area (Å²) < 4.78 is 11.8. The summed E-state index contributed by atoms with van der Waals surface area (Å²) >= 11 is 0. The Labute approximate surface area is 182 Å². The van der Waals surface area contributed by atoms with E-state index in [0.717, 1.165) is 67.1 Å². The van der Waals surface area contributed by atoms with Crippen LogP contribution < -0.4 is 15.0 Å². The van der Waals surface area contributed by atoms with E-state index in [1.54, 1.807) is 0 Å². The zero-order chi connectivity index (χ0) is 21.2. The molecule has 1 amide bonds. The molecule has 31 heavy (non-hydrogen) atoms. The minimum Gasteiger partial charge on any atom is -0.484 e. The Bertz CT molecular complexity index is 1080. The quantitative estimate of drug-likeness (QED) is 0.675. The predicted molar refractivity (Wildman–Crippen MR) is 123 cm³/mol. The van der Waals surface area contributed by atoms with Gasteiger partial charge in [0.15, 0.2) is 6.61 Å². The molecule has 1 fully saturated rings. The molecule has 5 rings (SSSR count). The Hall–Kier alpha value is -2.99. The monoisotopic (exact) mass is 419 g/mol. The van der Waals surface area contributed by atoms with Crippen molar-refractivity contribution in [2.45, 2.75) is 25.7 Å². The Balaban J connectivity index is 1.25. The average molecular weight is 420 g/mol. The van der Waals surface area contributed by atoms with Crippen LogP contribution in [0.2, 0.25) is 0 Å². The number of nitrogens with zero attached hydrogens (tertiary/aromatic N) is 2. The number of anilines is 2. The number of fused-ring (bicyclic) bond motifs is 3. The van der Waals surface area contributed by atoms with Gasteiger partial charge in [0.05, 0.1) is 11.4 Å². The van der Waals surface area contributed by atoms with Crippen LogP contribution in [0.25, 0.3) is 11.0 Å². The fourth-order valence-corrected chi connectivity index (χ4v) is 4.57. The molecule has 1 N–H and O–H groups in total. The van der Waals surface area contributed by atoms with Gasteiger partial charge in [-0.2, -0.15) is 0 Å². The van der Waals surface area contributed by atoms with Gasteiger partial charge in [-0.25, -0.2) is 0 Å². The van der Waals surface area contributed by atoms with Crippen LogP contribution in [0.15, 0.2) is 46.9 Å². The van der Waals surface area contributed by atoms with Gasteiger partial charge in [0.2, 0.25) is 0 Å². The van der Waals surface area contributed by atoms with Gasteiger partial charge in [-0.1, -0.05) is 12.1 Å². The number of carbonyl (C=O) groups excluding carboxylic acids is 1. The molecule has 2 aromatic carbocycles. The molecule has 2 aliphatic rings. The lowest BCUT2D eigenvalue weighted by atomic mass is 9.96. The van der Waals surface area contributed by atoms with Crippen molar-refractivity contribution in [1.82, 2.24) is 4.90 Å². The summed E-state index contributed by atoms with van der Waals surface area (Å²) in [4.78, 5) is 17.3. The van der Waals surface area contributed by atoms with Crippen molar-refractivity contribution in [3.63, 3.8) is 0 Å². The van der Waals surface area contributed by atoms with E-state index in [0.29, 0.717) is 5.75 Å². The van der Waals surface area contributed by atoms with Crippen LogP contribution in [0.4, 0.5) is 11.4 Å². The summed E-state index contributed by atoms with van der Waals surface area (Å²) in [5.74, 6) is 1.65. The molecule has 1 saturated heterocycles. The Morgan fingerprint density at radius 1 is 1.06 bits per heavy atom. The largest absolute Gasteiger partial charge is 0.484 e. The smallest absolute Gasteiger partial charge is 0.262 e. The number of aryl methyl sites for hydroxylation is 2. The first-order valence-corrected chi connectivity index (χ1v) is 11.2. The number of furan rings is 1. The van der Waals surface area contributed by atoms with E-state index in [1.807, 2.05) is 36.4 Å². The molecule has 0 atom stereocenters. The molecule has 0 spiro atoms. The SMILES string of the molecule is CN1CCN(c2ccccc2NC(=O)COc2ccc3oc4c(c3c2)CCCC4)CC1. The maximum Gasteiger partial charge on any atom is 0.262 e. The van der Waals surface area contributed by atoms with Gasteiger partial charge in [-0.05, 0) is 56.6 Å². The van der Waals surface area contributed by atoms with Crippen LogP contribution >= 0.6 is 0 Å². The molecule has 1 aliphatic heterocycles. The van der Waals surface area contributed by atoms with Crippen molar-refractivity contribution in [1.29, 1.82) is 0 Å². The third-order valence-corrected chi connectivity index (χ3v) is 6.32. The number of ether oxygens (including phenoxy) is 1. The number of rotatable bonds is 5. The summed E-state index contributed by atoms with van der Waals surface area (Å²) in [6, 6.07) is 13.8. The molecule has 6 nitrogen and oxygen atoms in total. The molecule has 2 heterocycles. The zero-order valence-corrected chi connectivity index (χ0v) is 18.0. The van der Waals surface area contributed by atoms with Gasteiger partial charge >= 0.3 is 0 Å². The van der Waals surface area contributed by atoms with Crippen LogP contribution in [0, 0.1) is 0 Å². The standard InChI is InChI=1S/C25H29N3O3/c1-27-12-14-28(15-13-27)22-8-4-3-7-21(22)26-25(29)17-30-18-10-11-24-20(16-18)19-6-2-5-9-23(19)31-24/h3-4,7-8,10-11,16H,2,5-6,9,12-15,17H2,1H3,(H,26,29). The zero-order valence-electron chi connectivity index (χ0n) is 18.0. The van der Waals surface area contributed by atoms with Gasteiger partial charge in [-0.3, -0.25) is 4.79 Å². The van der Waals surface area contributed by atoms with Gasteiger partial charge < -0.3 is 24.3 Å². The maximum absolute atomic E-state index is 12.6. The molecule has 0 unspecified atom stereocenters. The number of hydrogen-bond acceptors (Lipinski definition) is 5. The van der Waals surface area contributed by atoms with Crippen molar-refractivity contribution in [2.24, 2.45) is 0 Å². The van der Waals surface area contributed by atoms with E-state index < -0.39 is 0 Å². The third kappa shape index (κ3) is 4.26. The van der Waals surface area contributed by atoms with E-state index in [1.165, 1.54) is 18.4 Å². The lowest BCUT2D eigenvalue weighted by Gasteiger charge is -2.35. The highest BCUT2D eigenvalue weighted by Gasteiger charge is 2.19. The van der Waals surface area contributed by atoms with E-state index in [-0.39, 0.29) is 12.5 Å². The first kappa shape index (κ1) is 19.9. The molecule has 1 aromatic heterocycles. The lowest BCUT2D eigenvalue weighted by molar-refractivity contribution is -0.118. The fraction of sp³-hybridized carbons (Fsp3) is 0.400. The second kappa shape index (κ2) is 8.63. The number of para-hydroxylation sites is 2. The van der Waals surface area contributed by atoms with Crippen LogP contribution in [0.3, 0.4) is 0 Å². The molecule has 1 aliphatic carbocycles. The fourth-order valence-electron chi connectivity index (χ4n) is 4.57. The van der Waals surface area contributed by atoms with Crippen LogP contribution in [0.5, 0.6) is 5.75 Å². The number of carbonyl (C=O) groups is 1. The van der Waals surface area contributed by atoms with Crippen LogP contribution in [0.1, 0.15) is 24.2 Å². The van der Waals surface area contributed by atoms with Crippen molar-refractivity contribution in [3.8, 4) is 5.75 Å². The summed E-state index contributed by atoms with van der Waals surface area (Å²) in [5, 5.41) is 4.15. The minimum atomic E-state index is -0.157. The topological polar surface area (TPSA) is 58.0 Å². The number of piperazine rings is 1. The number of hydrogen-bond donors (Lipinski definition) is 1. The number of nitrogens with one attached hydrogen (secondary N) is 1. The van der Waals surface area contributed by atoms with E-state index >= 15 is 0 Å². The van der Waals surface area contributed by atoms with Crippen molar-refractivity contribution in [2.75, 3.05) is 50.1 Å². The first-order chi connectivity index (χ1) is 15.2. The molecular weight excluding hydrogens is 390 g/mol.